The number of hydrogen-bond donors (Lipinski definition) is 1. The SMILES string of the molecule is COC(=O)NCCOc1cc(OC)cc(OC)c1. The van der Waals surface area contributed by atoms with E-state index in [2.05, 4.69) is 10.1 Å². The molecule has 1 aromatic rings. The monoisotopic (exact) mass is 255 g/mol. The van der Waals surface area contributed by atoms with Crippen molar-refractivity contribution in [2.75, 3.05) is 34.5 Å². The zero-order valence-corrected chi connectivity index (χ0v) is 10.7. The third-order valence-electron chi connectivity index (χ3n) is 2.15. The van der Waals surface area contributed by atoms with Crippen molar-refractivity contribution in [3.05, 3.63) is 18.2 Å². The molecule has 0 atom stereocenters. The van der Waals surface area contributed by atoms with Crippen molar-refractivity contribution < 1.29 is 23.7 Å². The summed E-state index contributed by atoms with van der Waals surface area (Å²) in [6.45, 7) is 0.678. The first kappa shape index (κ1) is 14.0. The molecule has 0 aliphatic rings. The van der Waals surface area contributed by atoms with Crippen LogP contribution in [0.1, 0.15) is 0 Å². The summed E-state index contributed by atoms with van der Waals surface area (Å²) in [4.78, 5) is 10.8. The van der Waals surface area contributed by atoms with E-state index >= 15 is 0 Å². The van der Waals surface area contributed by atoms with Crippen molar-refractivity contribution in [1.29, 1.82) is 0 Å². The van der Waals surface area contributed by atoms with E-state index in [4.69, 9.17) is 14.2 Å². The highest BCUT2D eigenvalue weighted by Crippen LogP contribution is 2.27. The minimum Gasteiger partial charge on any atom is -0.496 e. The van der Waals surface area contributed by atoms with Gasteiger partial charge in [0.05, 0.1) is 27.9 Å². The first-order valence-electron chi connectivity index (χ1n) is 5.37. The Bertz CT molecular complexity index is 372. The van der Waals surface area contributed by atoms with E-state index in [1.165, 1.54) is 7.11 Å². The van der Waals surface area contributed by atoms with Crippen LogP contribution >= 0.6 is 0 Å². The topological polar surface area (TPSA) is 66.0 Å². The van der Waals surface area contributed by atoms with Gasteiger partial charge in [-0.3, -0.25) is 0 Å². The van der Waals surface area contributed by atoms with Crippen LogP contribution in [-0.4, -0.2) is 40.6 Å². The maximum absolute atomic E-state index is 10.8. The van der Waals surface area contributed by atoms with E-state index in [0.717, 1.165) is 0 Å². The molecule has 100 valence electrons. The molecular formula is C12H17NO5. The smallest absolute Gasteiger partial charge is 0.406 e. The second-order valence-corrected chi connectivity index (χ2v) is 3.32. The molecule has 0 aromatic heterocycles. The number of nitrogens with one attached hydrogen (secondary N) is 1. The van der Waals surface area contributed by atoms with Gasteiger partial charge in [0.1, 0.15) is 23.9 Å². The molecule has 0 bridgehead atoms. The van der Waals surface area contributed by atoms with Crippen LogP contribution in [0.5, 0.6) is 17.2 Å². The quantitative estimate of drug-likeness (QED) is 0.779. The van der Waals surface area contributed by atoms with Gasteiger partial charge in [0.15, 0.2) is 0 Å². The van der Waals surface area contributed by atoms with Gasteiger partial charge in [-0.05, 0) is 0 Å². The van der Waals surface area contributed by atoms with E-state index in [9.17, 15) is 4.79 Å². The number of ether oxygens (including phenoxy) is 4. The summed E-state index contributed by atoms with van der Waals surface area (Å²) in [5.74, 6) is 1.90. The van der Waals surface area contributed by atoms with Crippen molar-refractivity contribution in [3.8, 4) is 17.2 Å². The summed E-state index contributed by atoms with van der Waals surface area (Å²) >= 11 is 0. The fourth-order valence-electron chi connectivity index (χ4n) is 1.26. The Hall–Kier alpha value is -2.11. The van der Waals surface area contributed by atoms with Gasteiger partial charge in [-0.2, -0.15) is 0 Å². The largest absolute Gasteiger partial charge is 0.496 e. The highest BCUT2D eigenvalue weighted by molar-refractivity contribution is 5.66. The highest BCUT2D eigenvalue weighted by atomic mass is 16.5. The second-order valence-electron chi connectivity index (χ2n) is 3.32. The van der Waals surface area contributed by atoms with E-state index in [0.29, 0.717) is 30.4 Å². The third-order valence-corrected chi connectivity index (χ3v) is 2.15. The van der Waals surface area contributed by atoms with Crippen LogP contribution < -0.4 is 19.5 Å². The van der Waals surface area contributed by atoms with Crippen LogP contribution in [0.25, 0.3) is 0 Å². The Labute approximate surface area is 106 Å². The molecule has 1 rings (SSSR count). The fourth-order valence-corrected chi connectivity index (χ4v) is 1.26. The maximum atomic E-state index is 10.8. The zero-order valence-electron chi connectivity index (χ0n) is 10.7. The van der Waals surface area contributed by atoms with Gasteiger partial charge in [-0.25, -0.2) is 4.79 Å². The average molecular weight is 255 g/mol. The van der Waals surface area contributed by atoms with Gasteiger partial charge >= 0.3 is 6.09 Å². The lowest BCUT2D eigenvalue weighted by atomic mass is 10.3. The number of hydrogen-bond acceptors (Lipinski definition) is 5. The fraction of sp³-hybridized carbons (Fsp3) is 0.417. The summed E-state index contributed by atoms with van der Waals surface area (Å²) in [7, 11) is 4.44. The summed E-state index contributed by atoms with van der Waals surface area (Å²) < 4.78 is 20.1. The van der Waals surface area contributed by atoms with Crippen LogP contribution in [0.2, 0.25) is 0 Å². The molecular weight excluding hydrogens is 238 g/mol. The third kappa shape index (κ3) is 4.40. The van der Waals surface area contributed by atoms with Crippen LogP contribution in [0.15, 0.2) is 18.2 Å². The molecule has 0 radical (unpaired) electrons. The lowest BCUT2D eigenvalue weighted by molar-refractivity contribution is 0.168. The number of rotatable bonds is 6. The molecule has 1 amide bonds. The Kier molecular flexibility index (Phi) is 5.63. The molecule has 6 heteroatoms. The van der Waals surface area contributed by atoms with Crippen LogP contribution in [-0.2, 0) is 4.74 Å². The van der Waals surface area contributed by atoms with Gasteiger partial charge in [0, 0.05) is 18.2 Å². The molecule has 6 nitrogen and oxygen atoms in total. The molecule has 18 heavy (non-hydrogen) atoms. The van der Waals surface area contributed by atoms with Crippen LogP contribution in [0.4, 0.5) is 4.79 Å². The number of benzene rings is 1. The first-order valence-corrected chi connectivity index (χ1v) is 5.37. The van der Waals surface area contributed by atoms with Gasteiger partial charge in [-0.1, -0.05) is 0 Å². The van der Waals surface area contributed by atoms with Crippen LogP contribution in [0, 0.1) is 0 Å². The van der Waals surface area contributed by atoms with Gasteiger partial charge in [-0.15, -0.1) is 0 Å². The van der Waals surface area contributed by atoms with Crippen molar-refractivity contribution >= 4 is 6.09 Å². The van der Waals surface area contributed by atoms with E-state index in [1.54, 1.807) is 32.4 Å². The second kappa shape index (κ2) is 7.26. The van der Waals surface area contributed by atoms with Gasteiger partial charge in [0.2, 0.25) is 0 Å². The molecule has 0 aliphatic heterocycles. The first-order chi connectivity index (χ1) is 8.69. The lowest BCUT2D eigenvalue weighted by Gasteiger charge is -2.10. The predicted octanol–water partition coefficient (Wildman–Crippen LogP) is 1.44. The minimum atomic E-state index is -0.484. The lowest BCUT2D eigenvalue weighted by Crippen LogP contribution is -2.27. The normalized spacial score (nSPS) is 9.50. The molecule has 1 aromatic carbocycles. The van der Waals surface area contributed by atoms with Crippen molar-refractivity contribution in [2.45, 2.75) is 0 Å². The van der Waals surface area contributed by atoms with E-state index in [1.807, 2.05) is 0 Å². The van der Waals surface area contributed by atoms with Gasteiger partial charge in [0.25, 0.3) is 0 Å². The van der Waals surface area contributed by atoms with Crippen molar-refractivity contribution in [3.63, 3.8) is 0 Å². The van der Waals surface area contributed by atoms with E-state index in [-0.39, 0.29) is 0 Å². The Morgan fingerprint density at radius 3 is 2.11 bits per heavy atom. The maximum Gasteiger partial charge on any atom is 0.406 e. The molecule has 1 N–H and O–H groups in total. The molecule has 0 spiro atoms. The Morgan fingerprint density at radius 1 is 1.06 bits per heavy atom. The molecule has 0 saturated carbocycles. The summed E-state index contributed by atoms with van der Waals surface area (Å²) in [5, 5.41) is 2.51. The summed E-state index contributed by atoms with van der Waals surface area (Å²) in [6, 6.07) is 5.22. The summed E-state index contributed by atoms with van der Waals surface area (Å²) in [6.07, 6.45) is -0.484. The highest BCUT2D eigenvalue weighted by Gasteiger charge is 2.03. The Morgan fingerprint density at radius 2 is 1.61 bits per heavy atom. The number of carbonyl (C=O) groups excluding carboxylic acids is 1. The number of alkyl carbamates (subject to hydrolysis) is 1. The molecule has 0 fully saturated rings. The average Bonchev–Trinajstić information content (AvgIpc) is 2.42. The van der Waals surface area contributed by atoms with Crippen LogP contribution in [0.3, 0.4) is 0 Å². The molecule has 0 saturated heterocycles. The number of methoxy groups -OCH3 is 3. The minimum absolute atomic E-state index is 0.325. The zero-order chi connectivity index (χ0) is 13.4. The molecule has 0 aliphatic carbocycles. The van der Waals surface area contributed by atoms with Crippen molar-refractivity contribution in [2.24, 2.45) is 0 Å². The van der Waals surface area contributed by atoms with Crippen molar-refractivity contribution in [1.82, 2.24) is 5.32 Å². The number of amides is 1. The predicted molar refractivity (Wildman–Crippen MR) is 65.4 cm³/mol. The molecule has 0 heterocycles. The van der Waals surface area contributed by atoms with Gasteiger partial charge < -0.3 is 24.3 Å². The number of carbonyl (C=O) groups is 1. The summed E-state index contributed by atoms with van der Waals surface area (Å²) in [5.41, 5.74) is 0. The standard InChI is InChI=1S/C12H17NO5/c1-15-9-6-10(16-2)8-11(7-9)18-5-4-13-12(14)17-3/h6-8H,4-5H2,1-3H3,(H,13,14). The van der Waals surface area contributed by atoms with E-state index < -0.39 is 6.09 Å². The Balaban J connectivity index is 2.48. The molecule has 0 unspecified atom stereocenters.